The summed E-state index contributed by atoms with van der Waals surface area (Å²) in [7, 11) is 4.04. The van der Waals surface area contributed by atoms with Crippen LogP contribution in [0.5, 0.6) is 0 Å². The van der Waals surface area contributed by atoms with E-state index in [1.165, 1.54) is 4.88 Å². The van der Waals surface area contributed by atoms with Crippen molar-refractivity contribution in [3.8, 4) is 0 Å². The lowest BCUT2D eigenvalue weighted by Gasteiger charge is -2.64. The summed E-state index contributed by atoms with van der Waals surface area (Å²) < 4.78 is 0. The molecule has 6 heteroatoms. The van der Waals surface area contributed by atoms with Crippen molar-refractivity contribution >= 4 is 22.3 Å². The Morgan fingerprint density at radius 3 is 2.52 bits per heavy atom. The van der Waals surface area contributed by atoms with E-state index in [9.17, 15) is 15.0 Å². The van der Waals surface area contributed by atoms with Gasteiger partial charge >= 0.3 is 0 Å². The Morgan fingerprint density at radius 1 is 1.17 bits per heavy atom. The van der Waals surface area contributed by atoms with Crippen molar-refractivity contribution in [3.63, 3.8) is 0 Å². The fourth-order valence-electron chi connectivity index (χ4n) is 7.80. The fraction of sp³-hybridized carbons (Fsp3) is 0.739. The normalized spacial score (nSPS) is 44.9. The summed E-state index contributed by atoms with van der Waals surface area (Å²) in [5.41, 5.74) is 0.236. The van der Waals surface area contributed by atoms with Gasteiger partial charge in [-0.15, -0.1) is 11.3 Å². The highest BCUT2D eigenvalue weighted by molar-refractivity contribution is 7.15. The van der Waals surface area contributed by atoms with Crippen LogP contribution in [0.1, 0.15) is 50.6 Å². The minimum atomic E-state index is -1.08. The molecule has 0 aromatic carbocycles. The molecule has 3 fully saturated rings. The van der Waals surface area contributed by atoms with E-state index in [2.05, 4.69) is 32.3 Å². The zero-order chi connectivity index (χ0) is 21.1. The Labute approximate surface area is 176 Å². The minimum Gasteiger partial charge on any atom is -0.392 e. The number of ketones is 1. The summed E-state index contributed by atoms with van der Waals surface area (Å²) in [6.07, 6.45) is 1.39. The standard InChI is InChI=1S/C23H32N2O3S/c1-11-12-7-8-14-22(4)10-13-17(24-20(29-13)25(5)6)21(2,3)15(22)9-16(26)23(14,18(11)27)19(12)28/h12,14-16,19,26,28H,1,7-10H2,2-6H3. The van der Waals surface area contributed by atoms with E-state index < -0.39 is 17.6 Å². The number of hydrogen-bond acceptors (Lipinski definition) is 6. The second-order valence-electron chi connectivity index (χ2n) is 10.8. The van der Waals surface area contributed by atoms with Gasteiger partial charge in [-0.05, 0) is 48.5 Å². The summed E-state index contributed by atoms with van der Waals surface area (Å²) in [4.78, 5) is 21.8. The monoisotopic (exact) mass is 416 g/mol. The lowest BCUT2D eigenvalue weighted by Crippen LogP contribution is -2.68. The third kappa shape index (κ3) is 2.08. The number of carbonyl (C=O) groups excluding carboxylic acids is 1. The van der Waals surface area contributed by atoms with E-state index >= 15 is 0 Å². The van der Waals surface area contributed by atoms with E-state index in [0.717, 1.165) is 30.1 Å². The quantitative estimate of drug-likeness (QED) is 0.689. The van der Waals surface area contributed by atoms with E-state index in [4.69, 9.17) is 4.98 Å². The molecule has 4 aliphatic carbocycles. The summed E-state index contributed by atoms with van der Waals surface area (Å²) in [6, 6.07) is 0. The average molecular weight is 417 g/mol. The zero-order valence-electron chi connectivity index (χ0n) is 18.0. The number of carbonyl (C=O) groups is 1. The summed E-state index contributed by atoms with van der Waals surface area (Å²) in [5, 5.41) is 23.7. The van der Waals surface area contributed by atoms with E-state index in [1.807, 2.05) is 14.1 Å². The van der Waals surface area contributed by atoms with Crippen molar-refractivity contribution in [2.45, 2.75) is 64.1 Å². The van der Waals surface area contributed by atoms with Gasteiger partial charge in [-0.1, -0.05) is 27.4 Å². The van der Waals surface area contributed by atoms with E-state index in [1.54, 1.807) is 11.3 Å². The van der Waals surface area contributed by atoms with Gasteiger partial charge in [0.25, 0.3) is 0 Å². The predicted octanol–water partition coefficient (Wildman–Crippen LogP) is 2.94. The molecule has 0 saturated heterocycles. The average Bonchev–Trinajstić information content (AvgIpc) is 3.10. The van der Waals surface area contributed by atoms with Crippen molar-refractivity contribution in [1.29, 1.82) is 0 Å². The van der Waals surface area contributed by atoms with Crippen LogP contribution in [0.15, 0.2) is 12.2 Å². The summed E-state index contributed by atoms with van der Waals surface area (Å²) >= 11 is 1.75. The van der Waals surface area contributed by atoms with Gasteiger partial charge in [0.05, 0.1) is 23.3 Å². The van der Waals surface area contributed by atoms with Crippen molar-refractivity contribution in [2.75, 3.05) is 19.0 Å². The summed E-state index contributed by atoms with van der Waals surface area (Å²) in [6.45, 7) is 10.8. The number of nitrogens with zero attached hydrogens (tertiary/aromatic N) is 2. The first kappa shape index (κ1) is 19.7. The molecule has 2 bridgehead atoms. The Kier molecular flexibility index (Phi) is 3.88. The topological polar surface area (TPSA) is 73.7 Å². The first-order valence-electron chi connectivity index (χ1n) is 10.7. The van der Waals surface area contributed by atoms with Crippen LogP contribution in [0.25, 0.3) is 0 Å². The minimum absolute atomic E-state index is 0.0425. The van der Waals surface area contributed by atoms with E-state index in [0.29, 0.717) is 12.0 Å². The van der Waals surface area contributed by atoms with Crippen LogP contribution in [-0.2, 0) is 16.6 Å². The van der Waals surface area contributed by atoms with E-state index in [-0.39, 0.29) is 34.4 Å². The molecular formula is C23H32N2O3S. The molecule has 0 aliphatic heterocycles. The molecule has 158 valence electrons. The Bertz CT molecular complexity index is 921. The highest BCUT2D eigenvalue weighted by Crippen LogP contribution is 2.70. The van der Waals surface area contributed by atoms with Crippen LogP contribution in [0.3, 0.4) is 0 Å². The molecule has 1 spiro atoms. The largest absolute Gasteiger partial charge is 0.392 e. The maximum atomic E-state index is 13.4. The summed E-state index contributed by atoms with van der Waals surface area (Å²) in [5.74, 6) is -0.106. The Hall–Kier alpha value is -1.24. The van der Waals surface area contributed by atoms with Crippen LogP contribution >= 0.6 is 11.3 Å². The van der Waals surface area contributed by atoms with Crippen molar-refractivity contribution in [3.05, 3.63) is 22.7 Å². The number of hydrogen-bond donors (Lipinski definition) is 2. The molecule has 4 aliphatic rings. The molecule has 1 aromatic heterocycles. The number of aliphatic hydroxyl groups excluding tert-OH is 2. The fourth-order valence-corrected chi connectivity index (χ4v) is 9.13. The number of aliphatic hydroxyl groups is 2. The molecule has 0 radical (unpaired) electrons. The maximum absolute atomic E-state index is 13.4. The van der Waals surface area contributed by atoms with Crippen LogP contribution in [-0.4, -0.2) is 47.3 Å². The highest BCUT2D eigenvalue weighted by Gasteiger charge is 2.74. The smallest absolute Gasteiger partial charge is 0.185 e. The Morgan fingerprint density at radius 2 is 1.86 bits per heavy atom. The highest BCUT2D eigenvalue weighted by atomic mass is 32.1. The second-order valence-corrected chi connectivity index (χ2v) is 11.9. The number of fused-ring (bicyclic) bond motifs is 4. The molecule has 5 nitrogen and oxygen atoms in total. The molecular weight excluding hydrogens is 384 g/mol. The number of thiazole rings is 1. The van der Waals surface area contributed by atoms with Gasteiger partial charge in [0.2, 0.25) is 0 Å². The van der Waals surface area contributed by atoms with Crippen LogP contribution in [0, 0.1) is 28.6 Å². The van der Waals surface area contributed by atoms with Gasteiger partial charge in [0.1, 0.15) is 0 Å². The van der Waals surface area contributed by atoms with Gasteiger partial charge in [0, 0.05) is 30.3 Å². The predicted molar refractivity (Wildman–Crippen MR) is 114 cm³/mol. The third-order valence-electron chi connectivity index (χ3n) is 9.04. The van der Waals surface area contributed by atoms with Gasteiger partial charge in [0.15, 0.2) is 10.9 Å². The second kappa shape index (κ2) is 5.71. The number of rotatable bonds is 1. The van der Waals surface area contributed by atoms with Gasteiger partial charge < -0.3 is 15.1 Å². The maximum Gasteiger partial charge on any atom is 0.185 e. The van der Waals surface area contributed by atoms with Crippen LogP contribution < -0.4 is 4.90 Å². The molecule has 5 rings (SSSR count). The van der Waals surface area contributed by atoms with Crippen molar-refractivity contribution in [1.82, 2.24) is 4.98 Å². The lowest BCUT2D eigenvalue weighted by atomic mass is 9.40. The number of Topliss-reactive ketones (excluding diaryl/α,β-unsaturated/α-hetero) is 1. The lowest BCUT2D eigenvalue weighted by molar-refractivity contribution is -0.212. The zero-order valence-corrected chi connectivity index (χ0v) is 18.8. The molecule has 0 amide bonds. The Balaban J connectivity index is 1.69. The first-order chi connectivity index (χ1) is 13.5. The first-order valence-corrected chi connectivity index (χ1v) is 11.6. The van der Waals surface area contributed by atoms with Gasteiger partial charge in [-0.3, -0.25) is 4.79 Å². The molecule has 3 saturated carbocycles. The third-order valence-corrected chi connectivity index (χ3v) is 10.3. The van der Waals surface area contributed by atoms with Crippen molar-refractivity contribution < 1.29 is 15.0 Å². The van der Waals surface area contributed by atoms with Gasteiger partial charge in [-0.25, -0.2) is 4.98 Å². The molecule has 2 N–H and O–H groups in total. The number of anilines is 1. The van der Waals surface area contributed by atoms with Gasteiger partial charge in [-0.2, -0.15) is 0 Å². The molecule has 7 unspecified atom stereocenters. The van der Waals surface area contributed by atoms with Crippen molar-refractivity contribution in [2.24, 2.45) is 28.6 Å². The number of aromatic nitrogens is 1. The van der Waals surface area contributed by atoms with Crippen LogP contribution in [0.4, 0.5) is 5.13 Å². The SMILES string of the molecule is C=C1C(=O)C23C(O)CC4C(C)(C)c5nc(N(C)C)sc5CC4(C)C2CCC1C3O. The van der Waals surface area contributed by atoms with Crippen LogP contribution in [0.2, 0.25) is 0 Å². The molecule has 29 heavy (non-hydrogen) atoms. The molecule has 1 heterocycles. The molecule has 7 atom stereocenters. The molecule has 1 aromatic rings.